The summed E-state index contributed by atoms with van der Waals surface area (Å²) in [5.74, 6) is -0.248. The van der Waals surface area contributed by atoms with Gasteiger partial charge in [-0.15, -0.1) is 0 Å². The number of aromatic carboxylic acids is 1. The van der Waals surface area contributed by atoms with Crippen molar-refractivity contribution in [3.63, 3.8) is 0 Å². The van der Waals surface area contributed by atoms with Crippen LogP contribution in [0.3, 0.4) is 0 Å². The molecule has 0 spiro atoms. The fourth-order valence-electron chi connectivity index (χ4n) is 1.83. The van der Waals surface area contributed by atoms with Crippen LogP contribution >= 0.6 is 0 Å². The number of hydrogen-bond donors (Lipinski definition) is 1. The average molecular weight is 239 g/mol. The summed E-state index contributed by atoms with van der Waals surface area (Å²) in [5.41, 5.74) is 1.98. The Kier molecular flexibility index (Phi) is 2.30. The minimum atomic E-state index is -0.953. The molecule has 3 rings (SSSR count). The molecule has 0 amide bonds. The Morgan fingerprint density at radius 2 is 1.94 bits per heavy atom. The van der Waals surface area contributed by atoms with E-state index in [1.165, 1.54) is 0 Å². The standard InChI is InChI=1S/C13H9N3O2/c17-13(18)10-1-2-11-7-15-12(16(11)8-10)9-3-5-14-6-4-9/h1-8H,(H,17,18). The number of carbonyl (C=O) groups is 1. The number of aromatic nitrogens is 3. The number of hydrogen-bond acceptors (Lipinski definition) is 3. The third kappa shape index (κ3) is 1.62. The highest BCUT2D eigenvalue weighted by Crippen LogP contribution is 2.19. The van der Waals surface area contributed by atoms with E-state index < -0.39 is 5.97 Å². The van der Waals surface area contributed by atoms with Crippen molar-refractivity contribution in [3.05, 3.63) is 54.6 Å². The zero-order valence-electron chi connectivity index (χ0n) is 9.32. The first kappa shape index (κ1) is 10.5. The monoisotopic (exact) mass is 239 g/mol. The van der Waals surface area contributed by atoms with E-state index in [4.69, 9.17) is 5.11 Å². The van der Waals surface area contributed by atoms with Gasteiger partial charge in [0.1, 0.15) is 5.82 Å². The normalized spacial score (nSPS) is 10.7. The van der Waals surface area contributed by atoms with Crippen molar-refractivity contribution in [1.29, 1.82) is 0 Å². The van der Waals surface area contributed by atoms with Crippen LogP contribution in [0.2, 0.25) is 0 Å². The molecule has 5 heteroatoms. The first-order valence-corrected chi connectivity index (χ1v) is 5.36. The van der Waals surface area contributed by atoms with Gasteiger partial charge < -0.3 is 5.11 Å². The molecular formula is C13H9N3O2. The molecule has 0 aliphatic carbocycles. The van der Waals surface area contributed by atoms with E-state index >= 15 is 0 Å². The van der Waals surface area contributed by atoms with Crippen molar-refractivity contribution in [2.24, 2.45) is 0 Å². The number of nitrogens with zero attached hydrogens (tertiary/aromatic N) is 3. The third-order valence-electron chi connectivity index (χ3n) is 2.71. The van der Waals surface area contributed by atoms with Crippen LogP contribution in [0.1, 0.15) is 10.4 Å². The summed E-state index contributed by atoms with van der Waals surface area (Å²) >= 11 is 0. The Morgan fingerprint density at radius 3 is 2.67 bits per heavy atom. The summed E-state index contributed by atoms with van der Waals surface area (Å²) in [6, 6.07) is 6.97. The number of carboxylic acid groups (broad SMARTS) is 1. The molecule has 0 bridgehead atoms. The first-order chi connectivity index (χ1) is 8.75. The van der Waals surface area contributed by atoms with Crippen LogP contribution in [-0.2, 0) is 0 Å². The van der Waals surface area contributed by atoms with Gasteiger partial charge in [-0.3, -0.25) is 9.38 Å². The molecule has 0 unspecified atom stereocenters. The molecule has 0 aliphatic rings. The van der Waals surface area contributed by atoms with Crippen molar-refractivity contribution < 1.29 is 9.90 Å². The molecule has 0 atom stereocenters. The predicted molar refractivity (Wildman–Crippen MR) is 65.4 cm³/mol. The number of imidazole rings is 1. The zero-order valence-corrected chi connectivity index (χ0v) is 9.32. The molecule has 18 heavy (non-hydrogen) atoms. The Hall–Kier alpha value is -2.69. The van der Waals surface area contributed by atoms with E-state index in [-0.39, 0.29) is 5.56 Å². The van der Waals surface area contributed by atoms with Crippen LogP contribution in [-0.4, -0.2) is 25.4 Å². The van der Waals surface area contributed by atoms with Crippen molar-refractivity contribution in [1.82, 2.24) is 14.4 Å². The molecule has 3 aromatic rings. The maximum atomic E-state index is 11.0. The molecule has 0 aliphatic heterocycles. The van der Waals surface area contributed by atoms with Gasteiger partial charge in [-0.25, -0.2) is 9.78 Å². The molecule has 0 saturated carbocycles. The van der Waals surface area contributed by atoms with Crippen molar-refractivity contribution in [2.45, 2.75) is 0 Å². The Labute approximate surface area is 102 Å². The minimum absolute atomic E-state index is 0.232. The molecule has 0 fully saturated rings. The van der Waals surface area contributed by atoms with Crippen LogP contribution in [0, 0.1) is 0 Å². The van der Waals surface area contributed by atoms with Gasteiger partial charge in [0, 0.05) is 24.2 Å². The quantitative estimate of drug-likeness (QED) is 0.743. The highest BCUT2D eigenvalue weighted by atomic mass is 16.4. The van der Waals surface area contributed by atoms with Gasteiger partial charge in [0.15, 0.2) is 0 Å². The summed E-state index contributed by atoms with van der Waals surface area (Å²) in [7, 11) is 0. The van der Waals surface area contributed by atoms with Crippen molar-refractivity contribution in [2.75, 3.05) is 0 Å². The average Bonchev–Trinajstić information content (AvgIpc) is 2.82. The SMILES string of the molecule is O=C(O)c1ccc2cnc(-c3ccncc3)n2c1. The van der Waals surface area contributed by atoms with Crippen LogP contribution in [0.4, 0.5) is 0 Å². The fourth-order valence-corrected chi connectivity index (χ4v) is 1.83. The zero-order chi connectivity index (χ0) is 12.5. The summed E-state index contributed by atoms with van der Waals surface area (Å²) in [6.07, 6.45) is 6.64. The van der Waals surface area contributed by atoms with Crippen LogP contribution < -0.4 is 0 Å². The van der Waals surface area contributed by atoms with Crippen molar-refractivity contribution >= 4 is 11.5 Å². The third-order valence-corrected chi connectivity index (χ3v) is 2.71. The number of fused-ring (bicyclic) bond motifs is 1. The number of carboxylic acids is 1. The first-order valence-electron chi connectivity index (χ1n) is 5.36. The summed E-state index contributed by atoms with van der Waals surface area (Å²) in [6.45, 7) is 0. The second kappa shape index (κ2) is 3.96. The predicted octanol–water partition coefficient (Wildman–Crippen LogP) is 2.09. The molecule has 0 radical (unpaired) electrons. The lowest BCUT2D eigenvalue weighted by Crippen LogP contribution is -1.99. The molecular weight excluding hydrogens is 230 g/mol. The van der Waals surface area contributed by atoms with Crippen LogP contribution in [0.5, 0.6) is 0 Å². The topological polar surface area (TPSA) is 67.5 Å². The lowest BCUT2D eigenvalue weighted by Gasteiger charge is -2.02. The molecule has 3 heterocycles. The maximum Gasteiger partial charge on any atom is 0.337 e. The summed E-state index contributed by atoms with van der Waals surface area (Å²) in [5, 5.41) is 9.00. The van der Waals surface area contributed by atoms with Gasteiger partial charge in [0.05, 0.1) is 17.3 Å². The van der Waals surface area contributed by atoms with E-state index in [2.05, 4.69) is 9.97 Å². The smallest absolute Gasteiger partial charge is 0.337 e. The Bertz CT molecular complexity index is 719. The largest absolute Gasteiger partial charge is 0.478 e. The maximum absolute atomic E-state index is 11.0. The fraction of sp³-hybridized carbons (Fsp3) is 0. The van der Waals surface area contributed by atoms with Crippen LogP contribution in [0.25, 0.3) is 16.9 Å². The number of rotatable bonds is 2. The van der Waals surface area contributed by atoms with E-state index in [1.54, 1.807) is 41.3 Å². The summed E-state index contributed by atoms with van der Waals surface area (Å²) < 4.78 is 1.76. The Morgan fingerprint density at radius 1 is 1.17 bits per heavy atom. The second-order valence-corrected chi connectivity index (χ2v) is 3.84. The lowest BCUT2D eigenvalue weighted by atomic mass is 10.2. The van der Waals surface area contributed by atoms with Crippen LogP contribution in [0.15, 0.2) is 49.1 Å². The molecule has 0 aromatic carbocycles. The molecule has 0 saturated heterocycles. The van der Waals surface area contributed by atoms with Gasteiger partial charge in [0.2, 0.25) is 0 Å². The molecule has 1 N–H and O–H groups in total. The van der Waals surface area contributed by atoms with Gasteiger partial charge in [-0.2, -0.15) is 0 Å². The minimum Gasteiger partial charge on any atom is -0.478 e. The van der Waals surface area contributed by atoms with E-state index in [0.717, 1.165) is 11.1 Å². The van der Waals surface area contributed by atoms with Crippen molar-refractivity contribution in [3.8, 4) is 11.4 Å². The molecule has 3 aromatic heterocycles. The van der Waals surface area contributed by atoms with E-state index in [9.17, 15) is 4.79 Å². The lowest BCUT2D eigenvalue weighted by molar-refractivity contribution is 0.0696. The van der Waals surface area contributed by atoms with E-state index in [1.807, 2.05) is 12.1 Å². The van der Waals surface area contributed by atoms with Gasteiger partial charge in [-0.1, -0.05) is 0 Å². The van der Waals surface area contributed by atoms with Gasteiger partial charge in [0.25, 0.3) is 0 Å². The van der Waals surface area contributed by atoms with E-state index in [0.29, 0.717) is 5.82 Å². The molecule has 88 valence electrons. The Balaban J connectivity index is 2.24. The second-order valence-electron chi connectivity index (χ2n) is 3.84. The highest BCUT2D eigenvalue weighted by molar-refractivity contribution is 5.88. The summed E-state index contributed by atoms with van der Waals surface area (Å²) in [4.78, 5) is 19.2. The van der Waals surface area contributed by atoms with Gasteiger partial charge in [-0.05, 0) is 24.3 Å². The molecule has 5 nitrogen and oxygen atoms in total. The number of pyridine rings is 2. The van der Waals surface area contributed by atoms with Gasteiger partial charge >= 0.3 is 5.97 Å². The highest BCUT2D eigenvalue weighted by Gasteiger charge is 2.09.